The van der Waals surface area contributed by atoms with Crippen molar-refractivity contribution in [1.29, 1.82) is 0 Å². The molecule has 4 N–H and O–H groups in total. The van der Waals surface area contributed by atoms with Crippen LogP contribution in [0.2, 0.25) is 0 Å². The summed E-state index contributed by atoms with van der Waals surface area (Å²) in [6.45, 7) is 3.79. The van der Waals surface area contributed by atoms with Gasteiger partial charge in [-0.3, -0.25) is 0 Å². The van der Waals surface area contributed by atoms with Gasteiger partial charge in [-0.25, -0.2) is 0 Å². The summed E-state index contributed by atoms with van der Waals surface area (Å²) in [6, 6.07) is 0. The molecule has 4 unspecified atom stereocenters. The van der Waals surface area contributed by atoms with Crippen LogP contribution in [0.1, 0.15) is 65.2 Å². The summed E-state index contributed by atoms with van der Waals surface area (Å²) in [5.74, 6) is 0. The fourth-order valence-corrected chi connectivity index (χ4v) is 1.96. The van der Waals surface area contributed by atoms with Gasteiger partial charge in [-0.05, 0) is 38.5 Å². The molecule has 0 spiro atoms. The SMILES string of the molecule is CCC(O)CC(O)CCCCC(O)CC(O)CC. The van der Waals surface area contributed by atoms with Crippen molar-refractivity contribution in [2.45, 2.75) is 89.6 Å². The Bertz CT molecular complexity index is 167. The maximum absolute atomic E-state index is 9.64. The van der Waals surface area contributed by atoms with E-state index in [1.54, 1.807) is 0 Å². The molecular weight excluding hydrogens is 232 g/mol. The summed E-state index contributed by atoms with van der Waals surface area (Å²) in [5, 5.41) is 38.0. The van der Waals surface area contributed by atoms with E-state index in [9.17, 15) is 20.4 Å². The van der Waals surface area contributed by atoms with Gasteiger partial charge in [-0.15, -0.1) is 0 Å². The second kappa shape index (κ2) is 10.7. The quantitative estimate of drug-likeness (QED) is 0.426. The number of unbranched alkanes of at least 4 members (excludes halogenated alkanes) is 1. The van der Waals surface area contributed by atoms with Crippen LogP contribution in [0.3, 0.4) is 0 Å². The first-order chi connectivity index (χ1) is 8.49. The summed E-state index contributed by atoms with van der Waals surface area (Å²) in [5.41, 5.74) is 0. The molecule has 0 aliphatic heterocycles. The topological polar surface area (TPSA) is 80.9 Å². The molecule has 0 aliphatic carbocycles. The lowest BCUT2D eigenvalue weighted by atomic mass is 10.0. The van der Waals surface area contributed by atoms with E-state index in [2.05, 4.69) is 0 Å². The first-order valence-electron chi connectivity index (χ1n) is 7.21. The minimum Gasteiger partial charge on any atom is -0.393 e. The molecule has 0 fully saturated rings. The Hall–Kier alpha value is -0.160. The maximum Gasteiger partial charge on any atom is 0.0564 e. The van der Waals surface area contributed by atoms with E-state index in [0.717, 1.165) is 12.8 Å². The number of aliphatic hydroxyl groups excluding tert-OH is 4. The van der Waals surface area contributed by atoms with Crippen molar-refractivity contribution in [3.05, 3.63) is 0 Å². The molecule has 4 heteroatoms. The summed E-state index contributed by atoms with van der Waals surface area (Å²) < 4.78 is 0. The summed E-state index contributed by atoms with van der Waals surface area (Å²) in [7, 11) is 0. The van der Waals surface area contributed by atoms with Crippen molar-refractivity contribution in [2.24, 2.45) is 0 Å². The number of aliphatic hydroxyl groups is 4. The third-order valence-electron chi connectivity index (χ3n) is 3.36. The standard InChI is InChI=1S/C14H30O4/c1-3-11(15)9-13(17)7-5-6-8-14(18)10-12(16)4-2/h11-18H,3-10H2,1-2H3. The molecule has 0 saturated heterocycles. The highest BCUT2D eigenvalue weighted by Crippen LogP contribution is 2.13. The van der Waals surface area contributed by atoms with Gasteiger partial charge in [-0.1, -0.05) is 26.7 Å². The molecule has 0 aromatic carbocycles. The van der Waals surface area contributed by atoms with E-state index in [1.165, 1.54) is 0 Å². The molecule has 0 heterocycles. The molecule has 0 rings (SSSR count). The monoisotopic (exact) mass is 262 g/mol. The zero-order chi connectivity index (χ0) is 14.0. The lowest BCUT2D eigenvalue weighted by Crippen LogP contribution is -2.18. The van der Waals surface area contributed by atoms with Crippen LogP contribution < -0.4 is 0 Å². The Balaban J connectivity index is 3.49. The minimum absolute atomic E-state index is 0.412. The van der Waals surface area contributed by atoms with Gasteiger partial charge in [0.05, 0.1) is 24.4 Å². The molecule has 0 saturated carbocycles. The van der Waals surface area contributed by atoms with Crippen molar-refractivity contribution in [2.75, 3.05) is 0 Å². The molecule has 4 nitrogen and oxygen atoms in total. The minimum atomic E-state index is -0.446. The Morgan fingerprint density at radius 3 is 1.22 bits per heavy atom. The average Bonchev–Trinajstić information content (AvgIpc) is 2.34. The number of rotatable bonds is 11. The summed E-state index contributed by atoms with van der Waals surface area (Å²) in [6.07, 6.45) is 3.53. The molecule has 0 amide bonds. The van der Waals surface area contributed by atoms with Gasteiger partial charge >= 0.3 is 0 Å². The molecular formula is C14H30O4. The summed E-state index contributed by atoms with van der Waals surface area (Å²) in [4.78, 5) is 0. The largest absolute Gasteiger partial charge is 0.393 e. The first-order valence-corrected chi connectivity index (χ1v) is 7.21. The van der Waals surface area contributed by atoms with Gasteiger partial charge in [0.25, 0.3) is 0 Å². The van der Waals surface area contributed by atoms with E-state index in [4.69, 9.17) is 0 Å². The highest BCUT2D eigenvalue weighted by molar-refractivity contribution is 4.65. The van der Waals surface area contributed by atoms with Gasteiger partial charge in [0.2, 0.25) is 0 Å². The predicted molar refractivity (Wildman–Crippen MR) is 72.3 cm³/mol. The Kier molecular flexibility index (Phi) is 10.6. The van der Waals surface area contributed by atoms with E-state index < -0.39 is 24.4 Å². The maximum atomic E-state index is 9.64. The molecule has 0 aliphatic rings. The van der Waals surface area contributed by atoms with E-state index in [1.807, 2.05) is 13.8 Å². The highest BCUT2D eigenvalue weighted by atomic mass is 16.3. The van der Waals surface area contributed by atoms with Crippen LogP contribution in [0.15, 0.2) is 0 Å². The van der Waals surface area contributed by atoms with Crippen LogP contribution >= 0.6 is 0 Å². The van der Waals surface area contributed by atoms with E-state index >= 15 is 0 Å². The Morgan fingerprint density at radius 1 is 0.611 bits per heavy atom. The normalized spacial score (nSPS) is 18.3. The predicted octanol–water partition coefficient (Wildman–Crippen LogP) is 1.59. The van der Waals surface area contributed by atoms with Crippen LogP contribution in [-0.4, -0.2) is 44.8 Å². The van der Waals surface area contributed by atoms with E-state index in [-0.39, 0.29) is 0 Å². The smallest absolute Gasteiger partial charge is 0.0564 e. The molecule has 0 aromatic rings. The van der Waals surface area contributed by atoms with Crippen molar-refractivity contribution >= 4 is 0 Å². The van der Waals surface area contributed by atoms with Crippen LogP contribution in [0.25, 0.3) is 0 Å². The lowest BCUT2D eigenvalue weighted by molar-refractivity contribution is 0.0634. The highest BCUT2D eigenvalue weighted by Gasteiger charge is 2.12. The van der Waals surface area contributed by atoms with Crippen LogP contribution in [-0.2, 0) is 0 Å². The molecule has 0 aromatic heterocycles. The average molecular weight is 262 g/mol. The zero-order valence-corrected chi connectivity index (χ0v) is 11.8. The van der Waals surface area contributed by atoms with Gasteiger partial charge in [-0.2, -0.15) is 0 Å². The van der Waals surface area contributed by atoms with Crippen LogP contribution in [0.5, 0.6) is 0 Å². The Morgan fingerprint density at radius 2 is 0.944 bits per heavy atom. The molecule has 110 valence electrons. The number of hydrogen-bond acceptors (Lipinski definition) is 4. The molecule has 0 radical (unpaired) electrons. The van der Waals surface area contributed by atoms with E-state index in [0.29, 0.717) is 38.5 Å². The molecule has 0 bridgehead atoms. The second-order valence-corrected chi connectivity index (χ2v) is 5.19. The van der Waals surface area contributed by atoms with Gasteiger partial charge in [0, 0.05) is 0 Å². The fourth-order valence-electron chi connectivity index (χ4n) is 1.96. The van der Waals surface area contributed by atoms with Gasteiger partial charge < -0.3 is 20.4 Å². The Labute approximate surface area is 111 Å². The zero-order valence-electron chi connectivity index (χ0n) is 11.8. The third kappa shape index (κ3) is 9.83. The molecule has 4 atom stereocenters. The first kappa shape index (κ1) is 17.8. The molecule has 18 heavy (non-hydrogen) atoms. The fraction of sp³-hybridized carbons (Fsp3) is 1.00. The summed E-state index contributed by atoms with van der Waals surface area (Å²) >= 11 is 0. The lowest BCUT2D eigenvalue weighted by Gasteiger charge is -2.16. The van der Waals surface area contributed by atoms with Crippen molar-refractivity contribution in [3.63, 3.8) is 0 Å². The van der Waals surface area contributed by atoms with Crippen molar-refractivity contribution in [3.8, 4) is 0 Å². The van der Waals surface area contributed by atoms with Crippen molar-refractivity contribution in [1.82, 2.24) is 0 Å². The third-order valence-corrected chi connectivity index (χ3v) is 3.36. The van der Waals surface area contributed by atoms with Gasteiger partial charge in [0.15, 0.2) is 0 Å². The van der Waals surface area contributed by atoms with Crippen LogP contribution in [0, 0.1) is 0 Å². The van der Waals surface area contributed by atoms with Gasteiger partial charge in [0.1, 0.15) is 0 Å². The van der Waals surface area contributed by atoms with Crippen LogP contribution in [0.4, 0.5) is 0 Å². The number of hydrogen-bond donors (Lipinski definition) is 4. The second-order valence-electron chi connectivity index (χ2n) is 5.19. The van der Waals surface area contributed by atoms with Crippen molar-refractivity contribution < 1.29 is 20.4 Å².